The number of nitrogens with zero attached hydrogens (tertiary/aromatic N) is 3. The van der Waals surface area contributed by atoms with E-state index in [0.717, 1.165) is 23.3 Å². The number of aryl methyl sites for hydroxylation is 1. The van der Waals surface area contributed by atoms with E-state index in [1.54, 1.807) is 48.9 Å². The van der Waals surface area contributed by atoms with Crippen LogP contribution in [0.3, 0.4) is 0 Å². The number of hydrogen-bond donors (Lipinski definition) is 2. The van der Waals surface area contributed by atoms with Gasteiger partial charge in [-0.2, -0.15) is 13.2 Å². The Hall–Kier alpha value is -4.32. The van der Waals surface area contributed by atoms with Crippen molar-refractivity contribution in [3.05, 3.63) is 90.4 Å². The molecule has 0 spiro atoms. The number of carbonyl (C=O) groups is 1. The van der Waals surface area contributed by atoms with Crippen molar-refractivity contribution in [1.29, 1.82) is 0 Å². The van der Waals surface area contributed by atoms with Crippen LogP contribution in [0.15, 0.2) is 84.1 Å². The molecule has 0 aliphatic carbocycles. The van der Waals surface area contributed by atoms with Crippen molar-refractivity contribution in [3.8, 4) is 11.3 Å². The van der Waals surface area contributed by atoms with Gasteiger partial charge in [0.15, 0.2) is 0 Å². The van der Waals surface area contributed by atoms with Crippen LogP contribution in [0.4, 0.5) is 30.5 Å². The molecule has 184 valence electrons. The van der Waals surface area contributed by atoms with Crippen molar-refractivity contribution in [3.63, 3.8) is 0 Å². The van der Waals surface area contributed by atoms with Gasteiger partial charge in [0.2, 0.25) is 5.95 Å². The molecule has 2 N–H and O–H groups in total. The topological polar surface area (TPSA) is 114 Å². The van der Waals surface area contributed by atoms with Crippen LogP contribution < -0.4 is 10.6 Å². The fourth-order valence-corrected chi connectivity index (χ4v) is 4.00. The number of rotatable bonds is 6. The second-order valence-electron chi connectivity index (χ2n) is 7.59. The van der Waals surface area contributed by atoms with Crippen LogP contribution in [0.1, 0.15) is 15.9 Å². The predicted molar refractivity (Wildman–Crippen MR) is 127 cm³/mol. The maximum Gasteiger partial charge on any atom is 0.501 e. The third-order valence-corrected chi connectivity index (χ3v) is 6.55. The molecule has 0 aliphatic heterocycles. The summed E-state index contributed by atoms with van der Waals surface area (Å²) in [7, 11) is -5.58. The van der Waals surface area contributed by atoms with Gasteiger partial charge < -0.3 is 10.6 Å². The van der Waals surface area contributed by atoms with E-state index < -0.39 is 26.1 Å². The molecule has 8 nitrogen and oxygen atoms in total. The van der Waals surface area contributed by atoms with Gasteiger partial charge in [-0.15, -0.1) is 0 Å². The molecule has 2 aromatic heterocycles. The lowest BCUT2D eigenvalue weighted by molar-refractivity contribution is -0.0436. The predicted octanol–water partition coefficient (Wildman–Crippen LogP) is 5.14. The minimum atomic E-state index is -5.58. The van der Waals surface area contributed by atoms with Gasteiger partial charge in [0, 0.05) is 41.1 Å². The molecule has 0 radical (unpaired) electrons. The van der Waals surface area contributed by atoms with E-state index in [2.05, 4.69) is 25.6 Å². The zero-order valence-electron chi connectivity index (χ0n) is 18.6. The third kappa shape index (κ3) is 5.33. The Kier molecular flexibility index (Phi) is 6.71. The fourth-order valence-electron chi connectivity index (χ4n) is 3.19. The average molecular weight is 514 g/mol. The third-order valence-electron chi connectivity index (χ3n) is 5.07. The largest absolute Gasteiger partial charge is 0.501 e. The molecule has 0 fully saturated rings. The first-order chi connectivity index (χ1) is 17.0. The summed E-state index contributed by atoms with van der Waals surface area (Å²) in [4.78, 5) is 24.4. The second-order valence-corrected chi connectivity index (χ2v) is 9.53. The van der Waals surface area contributed by atoms with Gasteiger partial charge in [-0.05, 0) is 61.0 Å². The number of pyridine rings is 1. The van der Waals surface area contributed by atoms with Crippen LogP contribution in [0, 0.1) is 6.92 Å². The number of sulfone groups is 1. The lowest BCUT2D eigenvalue weighted by Crippen LogP contribution is -2.23. The Morgan fingerprint density at radius 2 is 1.78 bits per heavy atom. The lowest BCUT2D eigenvalue weighted by atomic mass is 10.1. The number of hydrogen-bond acceptors (Lipinski definition) is 7. The van der Waals surface area contributed by atoms with Crippen LogP contribution in [-0.2, 0) is 9.84 Å². The molecule has 0 saturated carbocycles. The van der Waals surface area contributed by atoms with Crippen molar-refractivity contribution < 1.29 is 26.4 Å². The van der Waals surface area contributed by atoms with Gasteiger partial charge in [-0.3, -0.25) is 9.78 Å². The molecule has 0 atom stereocenters. The number of benzene rings is 2. The maximum absolute atomic E-state index is 12.9. The minimum absolute atomic E-state index is 0.247. The normalized spacial score (nSPS) is 11.7. The Balaban J connectivity index is 1.55. The van der Waals surface area contributed by atoms with Crippen molar-refractivity contribution in [1.82, 2.24) is 15.0 Å². The number of anilines is 3. The van der Waals surface area contributed by atoms with Crippen LogP contribution in [0.2, 0.25) is 0 Å². The quantitative estimate of drug-likeness (QED) is 0.367. The summed E-state index contributed by atoms with van der Waals surface area (Å²) in [5, 5.41) is 5.65. The van der Waals surface area contributed by atoms with Crippen molar-refractivity contribution in [2.24, 2.45) is 0 Å². The van der Waals surface area contributed by atoms with E-state index >= 15 is 0 Å². The Morgan fingerprint density at radius 1 is 0.972 bits per heavy atom. The number of carbonyl (C=O) groups excluding carboxylic acids is 1. The standard InChI is InChI=1S/C24H18F3N5O3S/c1-15-7-8-18(30-22(33)16-4-2-6-19(12-16)36(34,35)24(25,26)27)13-21(15)32-23-29-11-9-20(31-23)17-5-3-10-28-14-17/h2-14H,1H3,(H,30,33)(H,29,31,32). The highest BCUT2D eigenvalue weighted by Crippen LogP contribution is 2.31. The van der Waals surface area contributed by atoms with E-state index in [1.807, 2.05) is 13.0 Å². The maximum atomic E-state index is 12.9. The molecule has 36 heavy (non-hydrogen) atoms. The number of halogens is 3. The van der Waals surface area contributed by atoms with Crippen molar-refractivity contribution in [2.45, 2.75) is 17.3 Å². The number of nitrogens with one attached hydrogen (secondary N) is 2. The highest BCUT2D eigenvalue weighted by molar-refractivity contribution is 7.92. The molecule has 4 aromatic rings. The van der Waals surface area contributed by atoms with Crippen molar-refractivity contribution in [2.75, 3.05) is 10.6 Å². The van der Waals surface area contributed by atoms with E-state index in [9.17, 15) is 26.4 Å². The highest BCUT2D eigenvalue weighted by atomic mass is 32.2. The first kappa shape index (κ1) is 24.8. The summed E-state index contributed by atoms with van der Waals surface area (Å²) in [5.41, 5.74) is -2.57. The zero-order chi connectivity index (χ0) is 25.9. The summed E-state index contributed by atoms with van der Waals surface area (Å²) in [6.45, 7) is 1.82. The molecule has 0 unspecified atom stereocenters. The summed E-state index contributed by atoms with van der Waals surface area (Å²) in [6, 6.07) is 14.1. The zero-order valence-corrected chi connectivity index (χ0v) is 19.4. The molecule has 4 rings (SSSR count). The Morgan fingerprint density at radius 3 is 2.50 bits per heavy atom. The van der Waals surface area contributed by atoms with Crippen LogP contribution in [-0.4, -0.2) is 34.8 Å². The van der Waals surface area contributed by atoms with E-state index in [4.69, 9.17) is 0 Å². The Labute approximate surface area is 204 Å². The summed E-state index contributed by atoms with van der Waals surface area (Å²) in [5.74, 6) is -0.480. The molecule has 2 heterocycles. The first-order valence-electron chi connectivity index (χ1n) is 10.4. The average Bonchev–Trinajstić information content (AvgIpc) is 2.86. The van der Waals surface area contributed by atoms with Crippen LogP contribution in [0.5, 0.6) is 0 Å². The highest BCUT2D eigenvalue weighted by Gasteiger charge is 2.47. The van der Waals surface area contributed by atoms with Gasteiger partial charge in [0.25, 0.3) is 15.7 Å². The summed E-state index contributed by atoms with van der Waals surface area (Å²) in [6.07, 6.45) is 4.90. The fraction of sp³-hybridized carbons (Fsp3) is 0.0833. The molecule has 0 aliphatic rings. The van der Waals surface area contributed by atoms with E-state index in [1.165, 1.54) is 6.07 Å². The smallest absolute Gasteiger partial charge is 0.324 e. The summed E-state index contributed by atoms with van der Waals surface area (Å²) >= 11 is 0. The molecular formula is C24H18F3N5O3S. The van der Waals surface area contributed by atoms with Crippen LogP contribution >= 0.6 is 0 Å². The second kappa shape index (κ2) is 9.74. The van der Waals surface area contributed by atoms with Gasteiger partial charge in [-0.25, -0.2) is 18.4 Å². The minimum Gasteiger partial charge on any atom is -0.324 e. The molecule has 0 bridgehead atoms. The molecular weight excluding hydrogens is 495 g/mol. The molecule has 12 heteroatoms. The number of amides is 1. The summed E-state index contributed by atoms with van der Waals surface area (Å²) < 4.78 is 62.0. The first-order valence-corrected chi connectivity index (χ1v) is 11.9. The lowest BCUT2D eigenvalue weighted by Gasteiger charge is -2.13. The van der Waals surface area contributed by atoms with Crippen LogP contribution in [0.25, 0.3) is 11.3 Å². The van der Waals surface area contributed by atoms with E-state index in [0.29, 0.717) is 29.1 Å². The molecule has 0 saturated heterocycles. The van der Waals surface area contributed by atoms with E-state index in [-0.39, 0.29) is 5.56 Å². The Bertz CT molecular complexity index is 1530. The van der Waals surface area contributed by atoms with Gasteiger partial charge >= 0.3 is 5.51 Å². The number of alkyl halides is 3. The molecule has 2 aromatic carbocycles. The molecule has 1 amide bonds. The van der Waals surface area contributed by atoms with Crippen molar-refractivity contribution >= 4 is 33.1 Å². The monoisotopic (exact) mass is 513 g/mol. The van der Waals surface area contributed by atoms with Gasteiger partial charge in [0.05, 0.1) is 10.6 Å². The van der Waals surface area contributed by atoms with Gasteiger partial charge in [-0.1, -0.05) is 12.1 Å². The number of aromatic nitrogens is 3. The van der Waals surface area contributed by atoms with Gasteiger partial charge in [0.1, 0.15) is 0 Å². The SMILES string of the molecule is Cc1ccc(NC(=O)c2cccc(S(=O)(=O)C(F)(F)F)c2)cc1Nc1nccc(-c2cccnc2)n1.